The molecule has 19 heavy (non-hydrogen) atoms. The van der Waals surface area contributed by atoms with E-state index in [2.05, 4.69) is 51.2 Å². The molecule has 1 aromatic rings. The van der Waals surface area contributed by atoms with Crippen LogP contribution in [0.1, 0.15) is 44.7 Å². The fourth-order valence-electron chi connectivity index (χ4n) is 2.62. The molecule has 0 saturated carbocycles. The van der Waals surface area contributed by atoms with Gasteiger partial charge in [0.1, 0.15) is 5.75 Å². The van der Waals surface area contributed by atoms with Crippen molar-refractivity contribution in [2.24, 2.45) is 5.92 Å². The molecule has 0 atom stereocenters. The van der Waals surface area contributed by atoms with E-state index in [9.17, 15) is 0 Å². The first-order chi connectivity index (χ1) is 8.97. The summed E-state index contributed by atoms with van der Waals surface area (Å²) in [4.78, 5) is 0. The van der Waals surface area contributed by atoms with Gasteiger partial charge in [0, 0.05) is 0 Å². The van der Waals surface area contributed by atoms with Crippen LogP contribution < -0.4 is 10.1 Å². The SMILES string of the molecule is Cc1ccc(C(C)(C)C)c(OCC2CCNCC2)c1. The highest BCUT2D eigenvalue weighted by atomic mass is 16.5. The Balaban J connectivity index is 2.07. The van der Waals surface area contributed by atoms with E-state index in [4.69, 9.17) is 4.74 Å². The lowest BCUT2D eigenvalue weighted by Gasteiger charge is -2.26. The van der Waals surface area contributed by atoms with E-state index >= 15 is 0 Å². The summed E-state index contributed by atoms with van der Waals surface area (Å²) < 4.78 is 6.16. The zero-order valence-corrected chi connectivity index (χ0v) is 12.8. The van der Waals surface area contributed by atoms with Gasteiger partial charge in [0.2, 0.25) is 0 Å². The van der Waals surface area contributed by atoms with Crippen molar-refractivity contribution < 1.29 is 4.74 Å². The van der Waals surface area contributed by atoms with Gasteiger partial charge < -0.3 is 10.1 Å². The second-order valence-electron chi connectivity index (χ2n) is 6.75. The number of benzene rings is 1. The number of ether oxygens (including phenoxy) is 1. The molecule has 1 N–H and O–H groups in total. The summed E-state index contributed by atoms with van der Waals surface area (Å²) in [6.45, 7) is 12.0. The molecular weight excluding hydrogens is 234 g/mol. The third kappa shape index (κ3) is 3.97. The lowest BCUT2D eigenvalue weighted by Crippen LogP contribution is -2.30. The van der Waals surface area contributed by atoms with Crippen LogP contribution >= 0.6 is 0 Å². The van der Waals surface area contributed by atoms with Crippen molar-refractivity contribution in [3.8, 4) is 5.75 Å². The summed E-state index contributed by atoms with van der Waals surface area (Å²) in [6, 6.07) is 6.58. The van der Waals surface area contributed by atoms with E-state index in [1.54, 1.807) is 0 Å². The predicted molar refractivity (Wildman–Crippen MR) is 81.0 cm³/mol. The van der Waals surface area contributed by atoms with Gasteiger partial charge in [0.15, 0.2) is 0 Å². The average Bonchev–Trinajstić information content (AvgIpc) is 2.36. The highest BCUT2D eigenvalue weighted by Crippen LogP contribution is 2.32. The van der Waals surface area contributed by atoms with E-state index in [-0.39, 0.29) is 5.41 Å². The molecule has 2 heteroatoms. The highest BCUT2D eigenvalue weighted by molar-refractivity contribution is 5.41. The van der Waals surface area contributed by atoms with Crippen LogP contribution in [0.2, 0.25) is 0 Å². The highest BCUT2D eigenvalue weighted by Gasteiger charge is 2.20. The molecule has 0 amide bonds. The molecule has 0 radical (unpaired) electrons. The van der Waals surface area contributed by atoms with Crippen LogP contribution in [0.15, 0.2) is 18.2 Å². The Hall–Kier alpha value is -1.02. The van der Waals surface area contributed by atoms with Crippen molar-refractivity contribution in [2.75, 3.05) is 19.7 Å². The Morgan fingerprint density at radius 3 is 2.53 bits per heavy atom. The van der Waals surface area contributed by atoms with Gasteiger partial charge in [0.05, 0.1) is 6.61 Å². The summed E-state index contributed by atoms with van der Waals surface area (Å²) in [5, 5.41) is 3.40. The van der Waals surface area contributed by atoms with Crippen LogP contribution in [0.25, 0.3) is 0 Å². The van der Waals surface area contributed by atoms with Gasteiger partial charge in [-0.3, -0.25) is 0 Å². The van der Waals surface area contributed by atoms with Gasteiger partial charge in [-0.25, -0.2) is 0 Å². The number of hydrogen-bond donors (Lipinski definition) is 1. The molecule has 1 aromatic carbocycles. The summed E-state index contributed by atoms with van der Waals surface area (Å²) >= 11 is 0. The fraction of sp³-hybridized carbons (Fsp3) is 0.647. The molecule has 106 valence electrons. The van der Waals surface area contributed by atoms with Gasteiger partial charge in [-0.2, -0.15) is 0 Å². The normalized spacial score (nSPS) is 17.5. The van der Waals surface area contributed by atoms with E-state index in [1.165, 1.54) is 24.0 Å². The molecule has 0 unspecified atom stereocenters. The molecule has 1 aliphatic heterocycles. The zero-order valence-electron chi connectivity index (χ0n) is 12.8. The molecule has 1 fully saturated rings. The molecule has 0 aromatic heterocycles. The molecule has 1 aliphatic rings. The number of nitrogens with one attached hydrogen (secondary N) is 1. The second-order valence-corrected chi connectivity index (χ2v) is 6.75. The van der Waals surface area contributed by atoms with Crippen molar-refractivity contribution in [2.45, 2.75) is 46.0 Å². The van der Waals surface area contributed by atoms with Gasteiger partial charge >= 0.3 is 0 Å². The lowest BCUT2D eigenvalue weighted by atomic mass is 9.86. The minimum Gasteiger partial charge on any atom is -0.493 e. The summed E-state index contributed by atoms with van der Waals surface area (Å²) in [7, 11) is 0. The van der Waals surface area contributed by atoms with E-state index < -0.39 is 0 Å². The number of aryl methyl sites for hydroxylation is 1. The van der Waals surface area contributed by atoms with Crippen molar-refractivity contribution >= 4 is 0 Å². The Morgan fingerprint density at radius 2 is 1.89 bits per heavy atom. The van der Waals surface area contributed by atoms with E-state index in [0.717, 1.165) is 25.4 Å². The maximum Gasteiger partial charge on any atom is 0.123 e. The topological polar surface area (TPSA) is 21.3 Å². The van der Waals surface area contributed by atoms with Gasteiger partial charge in [-0.15, -0.1) is 0 Å². The third-order valence-electron chi connectivity index (χ3n) is 3.88. The maximum atomic E-state index is 6.16. The van der Waals surface area contributed by atoms with Crippen LogP contribution in [0.3, 0.4) is 0 Å². The standard InChI is InChI=1S/C17H27NO/c1-13-5-6-15(17(2,3)4)16(11-13)19-12-14-7-9-18-10-8-14/h5-6,11,14,18H,7-10,12H2,1-4H3. The van der Waals surface area contributed by atoms with Crippen LogP contribution in [0.4, 0.5) is 0 Å². The molecule has 0 aliphatic carbocycles. The lowest BCUT2D eigenvalue weighted by molar-refractivity contribution is 0.211. The summed E-state index contributed by atoms with van der Waals surface area (Å²) in [6.07, 6.45) is 2.47. The smallest absolute Gasteiger partial charge is 0.123 e. The van der Waals surface area contributed by atoms with Crippen molar-refractivity contribution in [1.29, 1.82) is 0 Å². The fourth-order valence-corrected chi connectivity index (χ4v) is 2.62. The van der Waals surface area contributed by atoms with Crippen molar-refractivity contribution in [3.63, 3.8) is 0 Å². The number of piperidine rings is 1. The second kappa shape index (κ2) is 5.96. The van der Waals surface area contributed by atoms with Crippen molar-refractivity contribution in [1.82, 2.24) is 5.32 Å². The maximum absolute atomic E-state index is 6.16. The molecule has 2 nitrogen and oxygen atoms in total. The van der Waals surface area contributed by atoms with Crippen LogP contribution in [0, 0.1) is 12.8 Å². The minimum absolute atomic E-state index is 0.136. The zero-order chi connectivity index (χ0) is 13.9. The van der Waals surface area contributed by atoms with Gasteiger partial charge in [0.25, 0.3) is 0 Å². The summed E-state index contributed by atoms with van der Waals surface area (Å²) in [5.41, 5.74) is 2.72. The van der Waals surface area contributed by atoms with Gasteiger partial charge in [-0.1, -0.05) is 32.9 Å². The Kier molecular flexibility index (Phi) is 4.51. The molecule has 0 bridgehead atoms. The monoisotopic (exact) mass is 261 g/mol. The minimum atomic E-state index is 0.136. The Morgan fingerprint density at radius 1 is 1.21 bits per heavy atom. The van der Waals surface area contributed by atoms with Crippen LogP contribution in [-0.4, -0.2) is 19.7 Å². The number of rotatable bonds is 3. The molecule has 2 rings (SSSR count). The molecule has 1 saturated heterocycles. The quantitative estimate of drug-likeness (QED) is 0.896. The number of hydrogen-bond acceptors (Lipinski definition) is 2. The van der Waals surface area contributed by atoms with Crippen LogP contribution in [0.5, 0.6) is 5.75 Å². The molecule has 1 heterocycles. The average molecular weight is 261 g/mol. The first-order valence-electron chi connectivity index (χ1n) is 7.41. The predicted octanol–water partition coefficient (Wildman–Crippen LogP) is 3.67. The van der Waals surface area contributed by atoms with E-state index in [0.29, 0.717) is 5.92 Å². The summed E-state index contributed by atoms with van der Waals surface area (Å²) in [5.74, 6) is 1.78. The molecule has 0 spiro atoms. The Labute approximate surface area is 117 Å². The largest absolute Gasteiger partial charge is 0.493 e. The van der Waals surface area contributed by atoms with Crippen molar-refractivity contribution in [3.05, 3.63) is 29.3 Å². The van der Waals surface area contributed by atoms with Gasteiger partial charge in [-0.05, 0) is 61.4 Å². The first kappa shape index (κ1) is 14.4. The first-order valence-corrected chi connectivity index (χ1v) is 7.41. The van der Waals surface area contributed by atoms with Crippen LogP contribution in [-0.2, 0) is 5.41 Å². The molecular formula is C17H27NO. The Bertz CT molecular complexity index is 414. The van der Waals surface area contributed by atoms with E-state index in [1.807, 2.05) is 0 Å². The third-order valence-corrected chi connectivity index (χ3v) is 3.88.